The number of hydrogen-bond donors (Lipinski definition) is 2. The van der Waals surface area contributed by atoms with Gasteiger partial charge >= 0.3 is 0 Å². The molecular weight excluding hydrogens is 498 g/mol. The smallest absolute Gasteiger partial charge is 0.262 e. The van der Waals surface area contributed by atoms with E-state index in [9.17, 15) is 13.2 Å². The molecule has 7 nitrogen and oxygen atoms in total. The summed E-state index contributed by atoms with van der Waals surface area (Å²) in [7, 11) is -2.33. The van der Waals surface area contributed by atoms with Gasteiger partial charge in [-0.2, -0.15) is 0 Å². The maximum absolute atomic E-state index is 12.9. The maximum Gasteiger partial charge on any atom is 0.262 e. The highest BCUT2D eigenvalue weighted by Gasteiger charge is 2.25. The number of halogens is 1. The molecule has 0 saturated carbocycles. The van der Waals surface area contributed by atoms with Crippen molar-refractivity contribution in [2.75, 3.05) is 30.2 Å². The average Bonchev–Trinajstić information content (AvgIpc) is 2.86. The van der Waals surface area contributed by atoms with Gasteiger partial charge in [-0.25, -0.2) is 8.42 Å². The number of hydrogen-bond acceptors (Lipinski definition) is 5. The fourth-order valence-electron chi connectivity index (χ4n) is 4.29. The molecule has 0 unspecified atom stereocenters. The number of amides is 1. The molecule has 0 bridgehead atoms. The van der Waals surface area contributed by atoms with Gasteiger partial charge in [0.2, 0.25) is 5.91 Å². The Morgan fingerprint density at radius 1 is 1.06 bits per heavy atom. The van der Waals surface area contributed by atoms with Gasteiger partial charge in [0.1, 0.15) is 5.75 Å². The summed E-state index contributed by atoms with van der Waals surface area (Å²) in [4.78, 5) is 15.2. The van der Waals surface area contributed by atoms with Crippen LogP contribution >= 0.6 is 11.6 Å². The standard InChI is InChI=1S/C27H30ClN3O4S/c1-19-7-12-26(35-2)25(17-19)30-36(33,34)23-10-8-22(9-11-23)29-27(32)20-13-15-31(16-14-20)18-21-5-3-4-6-24(21)28/h3-12,17,20,30H,13-16,18H2,1-2H3,(H,29,32). The molecule has 1 fully saturated rings. The van der Waals surface area contributed by atoms with Crippen LogP contribution in [-0.2, 0) is 21.4 Å². The first-order valence-corrected chi connectivity index (χ1v) is 13.7. The van der Waals surface area contributed by atoms with Crippen molar-refractivity contribution in [1.82, 2.24) is 4.90 Å². The van der Waals surface area contributed by atoms with Crippen LogP contribution < -0.4 is 14.8 Å². The van der Waals surface area contributed by atoms with E-state index < -0.39 is 10.0 Å². The van der Waals surface area contributed by atoms with Crippen LogP contribution in [0.3, 0.4) is 0 Å². The largest absolute Gasteiger partial charge is 0.495 e. The highest BCUT2D eigenvalue weighted by atomic mass is 35.5. The van der Waals surface area contributed by atoms with Gasteiger partial charge in [0, 0.05) is 23.2 Å². The number of nitrogens with zero attached hydrogens (tertiary/aromatic N) is 1. The Bertz CT molecular complexity index is 1320. The van der Waals surface area contributed by atoms with Crippen molar-refractivity contribution in [3.8, 4) is 5.75 Å². The quantitative estimate of drug-likeness (QED) is 0.414. The zero-order valence-electron chi connectivity index (χ0n) is 20.3. The minimum atomic E-state index is -3.82. The Morgan fingerprint density at radius 3 is 2.42 bits per heavy atom. The van der Waals surface area contributed by atoms with E-state index >= 15 is 0 Å². The molecule has 1 saturated heterocycles. The zero-order chi connectivity index (χ0) is 25.7. The fourth-order valence-corrected chi connectivity index (χ4v) is 5.54. The second-order valence-electron chi connectivity index (χ2n) is 8.96. The van der Waals surface area contributed by atoms with Gasteiger partial charge in [-0.15, -0.1) is 0 Å². The number of rotatable bonds is 8. The molecule has 0 aromatic heterocycles. The van der Waals surface area contributed by atoms with Gasteiger partial charge in [-0.05, 0) is 86.4 Å². The van der Waals surface area contributed by atoms with Crippen LogP contribution in [0.4, 0.5) is 11.4 Å². The molecule has 1 aliphatic rings. The molecule has 3 aromatic carbocycles. The van der Waals surface area contributed by atoms with Crippen LogP contribution in [0, 0.1) is 12.8 Å². The maximum atomic E-state index is 12.9. The normalized spacial score (nSPS) is 14.9. The van der Waals surface area contributed by atoms with Gasteiger partial charge in [-0.3, -0.25) is 14.4 Å². The molecule has 0 aliphatic carbocycles. The van der Waals surface area contributed by atoms with E-state index in [2.05, 4.69) is 14.9 Å². The Balaban J connectivity index is 1.33. The third-order valence-corrected chi connectivity index (χ3v) is 8.09. The third-order valence-electron chi connectivity index (χ3n) is 6.34. The summed E-state index contributed by atoms with van der Waals surface area (Å²) in [5.41, 5.74) is 2.93. The summed E-state index contributed by atoms with van der Waals surface area (Å²) in [5, 5.41) is 3.69. The highest BCUT2D eigenvalue weighted by Crippen LogP contribution is 2.28. The molecule has 0 spiro atoms. The van der Waals surface area contributed by atoms with Crippen molar-refractivity contribution in [2.24, 2.45) is 5.92 Å². The lowest BCUT2D eigenvalue weighted by atomic mass is 9.95. The zero-order valence-corrected chi connectivity index (χ0v) is 21.9. The first kappa shape index (κ1) is 26.0. The van der Waals surface area contributed by atoms with Crippen molar-refractivity contribution >= 4 is 38.9 Å². The summed E-state index contributed by atoms with van der Waals surface area (Å²) in [6, 6.07) is 19.3. The monoisotopic (exact) mass is 527 g/mol. The fraction of sp³-hybridized carbons (Fsp3) is 0.296. The molecule has 3 aromatic rings. The van der Waals surface area contributed by atoms with E-state index in [0.29, 0.717) is 17.1 Å². The van der Waals surface area contributed by atoms with E-state index in [1.54, 1.807) is 24.3 Å². The van der Waals surface area contributed by atoms with Crippen molar-refractivity contribution in [3.05, 3.63) is 82.9 Å². The minimum absolute atomic E-state index is 0.0503. The number of ether oxygens (including phenoxy) is 1. The summed E-state index contributed by atoms with van der Waals surface area (Å²) in [6.07, 6.45) is 1.51. The topological polar surface area (TPSA) is 87.7 Å². The van der Waals surface area contributed by atoms with E-state index in [1.165, 1.54) is 19.2 Å². The van der Waals surface area contributed by atoms with Crippen LogP contribution in [0.5, 0.6) is 5.75 Å². The van der Waals surface area contributed by atoms with Gasteiger partial charge < -0.3 is 10.1 Å². The first-order chi connectivity index (χ1) is 17.2. The average molecular weight is 528 g/mol. The number of benzene rings is 3. The molecule has 190 valence electrons. The van der Waals surface area contributed by atoms with Crippen molar-refractivity contribution in [1.29, 1.82) is 0 Å². The van der Waals surface area contributed by atoms with Crippen LogP contribution in [0.1, 0.15) is 24.0 Å². The Hall–Kier alpha value is -3.07. The van der Waals surface area contributed by atoms with Gasteiger partial charge in [0.05, 0.1) is 17.7 Å². The van der Waals surface area contributed by atoms with Crippen LogP contribution in [0.2, 0.25) is 5.02 Å². The van der Waals surface area contributed by atoms with E-state index in [0.717, 1.165) is 48.6 Å². The summed E-state index contributed by atoms with van der Waals surface area (Å²) >= 11 is 6.27. The SMILES string of the molecule is COc1ccc(C)cc1NS(=O)(=O)c1ccc(NC(=O)C2CCN(Cc3ccccc3Cl)CC2)cc1. The highest BCUT2D eigenvalue weighted by molar-refractivity contribution is 7.92. The van der Waals surface area contributed by atoms with Crippen LogP contribution in [0.25, 0.3) is 0 Å². The number of nitrogens with one attached hydrogen (secondary N) is 2. The van der Waals surface area contributed by atoms with Crippen molar-refractivity contribution in [2.45, 2.75) is 31.2 Å². The number of sulfonamides is 1. The van der Waals surface area contributed by atoms with Gasteiger partial charge in [-0.1, -0.05) is 35.9 Å². The molecule has 9 heteroatoms. The predicted molar refractivity (Wildman–Crippen MR) is 143 cm³/mol. The number of anilines is 2. The molecule has 2 N–H and O–H groups in total. The van der Waals surface area contributed by atoms with E-state index in [4.69, 9.17) is 16.3 Å². The predicted octanol–water partition coefficient (Wildman–Crippen LogP) is 5.31. The number of methoxy groups -OCH3 is 1. The molecule has 0 radical (unpaired) electrons. The lowest BCUT2D eigenvalue weighted by Gasteiger charge is -2.31. The molecule has 4 rings (SSSR count). The molecule has 1 amide bonds. The third kappa shape index (κ3) is 6.37. The van der Waals surface area contributed by atoms with Gasteiger partial charge in [0.15, 0.2) is 0 Å². The first-order valence-electron chi connectivity index (χ1n) is 11.8. The number of likely N-dealkylation sites (tertiary alicyclic amines) is 1. The molecule has 1 aliphatic heterocycles. The summed E-state index contributed by atoms with van der Waals surface area (Å²) in [5.74, 6) is 0.294. The Labute approximate surface area is 217 Å². The van der Waals surface area contributed by atoms with Crippen molar-refractivity contribution < 1.29 is 17.9 Å². The molecule has 36 heavy (non-hydrogen) atoms. The molecule has 1 heterocycles. The van der Waals surface area contributed by atoms with Crippen LogP contribution in [-0.4, -0.2) is 39.4 Å². The van der Waals surface area contributed by atoms with E-state index in [1.807, 2.05) is 37.3 Å². The lowest BCUT2D eigenvalue weighted by molar-refractivity contribution is -0.121. The molecular formula is C27H30ClN3O4S. The number of carbonyl (C=O) groups excluding carboxylic acids is 1. The Morgan fingerprint density at radius 2 is 1.75 bits per heavy atom. The van der Waals surface area contributed by atoms with Crippen molar-refractivity contribution in [3.63, 3.8) is 0 Å². The lowest BCUT2D eigenvalue weighted by Crippen LogP contribution is -2.37. The minimum Gasteiger partial charge on any atom is -0.495 e. The Kier molecular flexibility index (Phi) is 8.18. The summed E-state index contributed by atoms with van der Waals surface area (Å²) < 4.78 is 33.6. The number of carbonyl (C=O) groups is 1. The van der Waals surface area contributed by atoms with Crippen LogP contribution in [0.15, 0.2) is 71.6 Å². The number of aryl methyl sites for hydroxylation is 1. The second kappa shape index (κ2) is 11.3. The molecule has 0 atom stereocenters. The van der Waals surface area contributed by atoms with E-state index in [-0.39, 0.29) is 16.7 Å². The summed E-state index contributed by atoms with van der Waals surface area (Å²) in [6.45, 7) is 4.27. The number of piperidine rings is 1. The second-order valence-corrected chi connectivity index (χ2v) is 11.1. The van der Waals surface area contributed by atoms with Gasteiger partial charge in [0.25, 0.3) is 10.0 Å².